The summed E-state index contributed by atoms with van der Waals surface area (Å²) in [5.74, 6) is 1.84. The number of rotatable bonds is 7. The van der Waals surface area contributed by atoms with Crippen molar-refractivity contribution in [3.63, 3.8) is 0 Å². The van der Waals surface area contributed by atoms with Crippen LogP contribution >= 0.6 is 23.4 Å². The molecule has 0 fully saturated rings. The molecule has 0 amide bonds. The van der Waals surface area contributed by atoms with Gasteiger partial charge in [-0.25, -0.2) is 0 Å². The molecule has 0 saturated carbocycles. The summed E-state index contributed by atoms with van der Waals surface area (Å²) >= 11 is 7.57. The van der Waals surface area contributed by atoms with Crippen LogP contribution < -0.4 is 5.32 Å². The van der Waals surface area contributed by atoms with Crippen molar-refractivity contribution >= 4 is 23.4 Å². The fourth-order valence-electron chi connectivity index (χ4n) is 1.19. The van der Waals surface area contributed by atoms with Crippen LogP contribution in [0.25, 0.3) is 0 Å². The molecule has 0 spiro atoms. The zero-order valence-electron chi connectivity index (χ0n) is 9.25. The molecule has 1 unspecified atom stereocenters. The van der Waals surface area contributed by atoms with Gasteiger partial charge in [-0.05, 0) is 36.7 Å². The summed E-state index contributed by atoms with van der Waals surface area (Å²) in [5, 5.41) is 4.47. The van der Waals surface area contributed by atoms with E-state index in [2.05, 4.69) is 19.2 Å². The van der Waals surface area contributed by atoms with Crippen molar-refractivity contribution < 1.29 is 4.42 Å². The smallest absolute Gasteiger partial charge is 0.193 e. The molecular formula is C11H18ClNOS. The summed E-state index contributed by atoms with van der Waals surface area (Å²) < 4.78 is 5.28. The zero-order chi connectivity index (χ0) is 11.1. The summed E-state index contributed by atoms with van der Waals surface area (Å²) in [5.41, 5.74) is 0. The molecule has 1 atom stereocenters. The average molecular weight is 248 g/mol. The Hall–Kier alpha value is -0.120. The van der Waals surface area contributed by atoms with Crippen molar-refractivity contribution in [3.05, 3.63) is 23.1 Å². The van der Waals surface area contributed by atoms with E-state index < -0.39 is 0 Å². The van der Waals surface area contributed by atoms with E-state index in [4.69, 9.17) is 16.0 Å². The maximum absolute atomic E-state index is 5.69. The minimum atomic E-state index is 0.474. The summed E-state index contributed by atoms with van der Waals surface area (Å²) in [7, 11) is 0. The average Bonchev–Trinajstić information content (AvgIpc) is 2.62. The SMILES string of the molecule is CCCNCC(C)SCc1ccc(Cl)o1. The first-order valence-electron chi connectivity index (χ1n) is 5.29. The fraction of sp³-hybridized carbons (Fsp3) is 0.636. The van der Waals surface area contributed by atoms with Gasteiger partial charge < -0.3 is 9.73 Å². The molecule has 1 aromatic rings. The lowest BCUT2D eigenvalue weighted by Crippen LogP contribution is -2.23. The number of hydrogen-bond donors (Lipinski definition) is 1. The second-order valence-corrected chi connectivity index (χ2v) is 5.33. The van der Waals surface area contributed by atoms with Gasteiger partial charge in [0.05, 0.1) is 5.75 Å². The molecule has 0 aliphatic heterocycles. The van der Waals surface area contributed by atoms with Crippen LogP contribution in [-0.2, 0) is 5.75 Å². The molecule has 1 heterocycles. The van der Waals surface area contributed by atoms with Gasteiger partial charge in [0, 0.05) is 11.8 Å². The van der Waals surface area contributed by atoms with Gasteiger partial charge >= 0.3 is 0 Å². The molecule has 4 heteroatoms. The van der Waals surface area contributed by atoms with Crippen molar-refractivity contribution in [1.29, 1.82) is 0 Å². The predicted molar refractivity (Wildman–Crippen MR) is 67.6 cm³/mol. The lowest BCUT2D eigenvalue weighted by molar-refractivity contribution is 0.532. The Bertz CT molecular complexity index is 277. The summed E-state index contributed by atoms with van der Waals surface area (Å²) in [6, 6.07) is 3.72. The summed E-state index contributed by atoms with van der Waals surface area (Å²) in [6.07, 6.45) is 1.19. The van der Waals surface area contributed by atoms with Crippen molar-refractivity contribution in [3.8, 4) is 0 Å². The number of hydrogen-bond acceptors (Lipinski definition) is 3. The van der Waals surface area contributed by atoms with Gasteiger partial charge in [0.15, 0.2) is 5.22 Å². The van der Waals surface area contributed by atoms with Crippen molar-refractivity contribution in [1.82, 2.24) is 5.32 Å². The van der Waals surface area contributed by atoms with E-state index in [0.29, 0.717) is 10.5 Å². The molecular weight excluding hydrogens is 230 g/mol. The number of halogens is 1. The van der Waals surface area contributed by atoms with Gasteiger partial charge in [-0.2, -0.15) is 0 Å². The van der Waals surface area contributed by atoms with E-state index in [1.807, 2.05) is 17.8 Å². The Morgan fingerprint density at radius 1 is 1.53 bits per heavy atom. The molecule has 1 N–H and O–H groups in total. The van der Waals surface area contributed by atoms with Crippen molar-refractivity contribution in [2.24, 2.45) is 0 Å². The molecule has 86 valence electrons. The van der Waals surface area contributed by atoms with Gasteiger partial charge in [-0.1, -0.05) is 13.8 Å². The predicted octanol–water partition coefficient (Wildman–Crippen LogP) is 3.55. The molecule has 1 rings (SSSR count). The van der Waals surface area contributed by atoms with Crippen LogP contribution in [0.2, 0.25) is 5.22 Å². The maximum atomic E-state index is 5.69. The van der Waals surface area contributed by atoms with Crippen LogP contribution in [0.3, 0.4) is 0 Å². The Balaban J connectivity index is 2.13. The van der Waals surface area contributed by atoms with E-state index >= 15 is 0 Å². The number of furan rings is 1. The summed E-state index contributed by atoms with van der Waals surface area (Å²) in [6.45, 7) is 6.54. The highest BCUT2D eigenvalue weighted by Gasteiger charge is 2.05. The van der Waals surface area contributed by atoms with Crippen molar-refractivity contribution in [2.75, 3.05) is 13.1 Å². The molecule has 15 heavy (non-hydrogen) atoms. The van der Waals surface area contributed by atoms with Gasteiger partial charge in [0.2, 0.25) is 0 Å². The normalized spacial score (nSPS) is 13.0. The van der Waals surface area contributed by atoms with Crippen LogP contribution in [0.15, 0.2) is 16.5 Å². The van der Waals surface area contributed by atoms with Crippen molar-refractivity contribution in [2.45, 2.75) is 31.3 Å². The maximum Gasteiger partial charge on any atom is 0.193 e. The van der Waals surface area contributed by atoms with Crippen LogP contribution in [0.5, 0.6) is 0 Å². The molecule has 0 aromatic carbocycles. The Morgan fingerprint density at radius 3 is 2.93 bits per heavy atom. The quantitative estimate of drug-likeness (QED) is 0.746. The molecule has 2 nitrogen and oxygen atoms in total. The lowest BCUT2D eigenvalue weighted by Gasteiger charge is -2.10. The minimum absolute atomic E-state index is 0.474. The third-order valence-corrected chi connectivity index (χ3v) is 3.39. The molecule has 0 saturated heterocycles. The summed E-state index contributed by atoms with van der Waals surface area (Å²) in [4.78, 5) is 0. The lowest BCUT2D eigenvalue weighted by atomic mass is 10.4. The topological polar surface area (TPSA) is 25.2 Å². The molecule has 1 aromatic heterocycles. The second-order valence-electron chi connectivity index (χ2n) is 3.53. The first-order valence-corrected chi connectivity index (χ1v) is 6.71. The monoisotopic (exact) mass is 247 g/mol. The number of thioether (sulfide) groups is 1. The standard InChI is InChI=1S/C11H18ClNOS/c1-3-6-13-7-9(2)15-8-10-4-5-11(12)14-10/h4-5,9,13H,3,6-8H2,1-2H3. The van der Waals surface area contributed by atoms with E-state index in [9.17, 15) is 0 Å². The second kappa shape index (κ2) is 7.20. The highest BCUT2D eigenvalue weighted by Crippen LogP contribution is 2.21. The largest absolute Gasteiger partial charge is 0.449 e. The van der Waals surface area contributed by atoms with Crippen LogP contribution in [0.4, 0.5) is 0 Å². The molecule has 0 radical (unpaired) electrons. The highest BCUT2D eigenvalue weighted by molar-refractivity contribution is 7.99. The van der Waals surface area contributed by atoms with E-state index in [1.54, 1.807) is 6.07 Å². The van der Waals surface area contributed by atoms with Crippen LogP contribution in [0.1, 0.15) is 26.0 Å². The van der Waals surface area contributed by atoms with Gasteiger partial charge in [0.1, 0.15) is 5.76 Å². The molecule has 0 aliphatic rings. The first kappa shape index (κ1) is 12.9. The minimum Gasteiger partial charge on any atom is -0.449 e. The number of nitrogens with one attached hydrogen (secondary N) is 1. The molecule has 0 aliphatic carbocycles. The Morgan fingerprint density at radius 2 is 2.33 bits per heavy atom. The van der Waals surface area contributed by atoms with E-state index in [1.165, 1.54) is 6.42 Å². The zero-order valence-corrected chi connectivity index (χ0v) is 10.8. The van der Waals surface area contributed by atoms with Gasteiger partial charge in [-0.3, -0.25) is 0 Å². The fourth-order valence-corrected chi connectivity index (χ4v) is 2.20. The highest BCUT2D eigenvalue weighted by atomic mass is 35.5. The van der Waals surface area contributed by atoms with Crippen LogP contribution in [-0.4, -0.2) is 18.3 Å². The van der Waals surface area contributed by atoms with Gasteiger partial charge in [0.25, 0.3) is 0 Å². The Kier molecular flexibility index (Phi) is 6.22. The van der Waals surface area contributed by atoms with Crippen LogP contribution in [0, 0.1) is 0 Å². The van der Waals surface area contributed by atoms with E-state index in [-0.39, 0.29) is 0 Å². The first-order chi connectivity index (χ1) is 7.22. The molecule has 0 bridgehead atoms. The third kappa shape index (κ3) is 5.50. The van der Waals surface area contributed by atoms with E-state index in [0.717, 1.165) is 24.6 Å². The third-order valence-electron chi connectivity index (χ3n) is 2.00. The Labute approximate surface area is 101 Å². The van der Waals surface area contributed by atoms with Gasteiger partial charge in [-0.15, -0.1) is 11.8 Å².